The molecule has 5 N–H and O–H groups in total. The van der Waals surface area contributed by atoms with Crippen molar-refractivity contribution in [3.8, 4) is 0 Å². The van der Waals surface area contributed by atoms with Gasteiger partial charge in [-0.25, -0.2) is 4.79 Å². The Morgan fingerprint density at radius 1 is 1.03 bits per heavy atom. The highest BCUT2D eigenvalue weighted by atomic mass is 16.4. The fourth-order valence-electron chi connectivity index (χ4n) is 4.38. The maximum Gasteiger partial charge on any atom is 0.522 e. The number of hydrogen-bond donors (Lipinski definition) is 4. The first-order valence-electron chi connectivity index (χ1n) is 10.5. The Hall–Kier alpha value is -2.65. The second kappa shape index (κ2) is 9.44. The largest absolute Gasteiger partial charge is 0.522 e. The molecule has 0 aromatic heterocycles. The van der Waals surface area contributed by atoms with E-state index in [2.05, 4.69) is 17.4 Å². The average molecular weight is 420 g/mol. The number of carboxylic acids is 1. The molecule has 164 valence electrons. The van der Waals surface area contributed by atoms with Gasteiger partial charge in [-0.05, 0) is 43.5 Å². The van der Waals surface area contributed by atoms with Gasteiger partial charge in [-0.2, -0.15) is 4.79 Å². The van der Waals surface area contributed by atoms with Crippen LogP contribution in [-0.4, -0.2) is 76.5 Å². The van der Waals surface area contributed by atoms with E-state index in [-0.39, 0.29) is 32.0 Å². The lowest BCUT2D eigenvalue weighted by Gasteiger charge is -2.40. The summed E-state index contributed by atoms with van der Waals surface area (Å²) in [5.41, 5.74) is 7.79. The molecule has 2 aliphatic heterocycles. The smallest absolute Gasteiger partial charge is 0.481 e. The normalized spacial score (nSPS) is 25.0. The SMILES string of the molecule is NCCc1ccc(NC2CCN(C(=O)[N+]3(C(=O)O)CCC(C(=O)O)CC3)CC2)cc1. The van der Waals surface area contributed by atoms with Gasteiger partial charge in [0.05, 0.1) is 19.0 Å². The van der Waals surface area contributed by atoms with Crippen LogP contribution in [0.25, 0.3) is 0 Å². The Labute approximate surface area is 176 Å². The summed E-state index contributed by atoms with van der Waals surface area (Å²) in [6.07, 6.45) is 1.51. The molecule has 0 unspecified atom stereocenters. The number of benzene rings is 1. The molecular formula is C21H31N4O5+. The number of carbonyl (C=O) groups excluding carboxylic acids is 1. The van der Waals surface area contributed by atoms with E-state index in [1.54, 1.807) is 4.90 Å². The first-order chi connectivity index (χ1) is 14.4. The van der Waals surface area contributed by atoms with E-state index < -0.39 is 28.5 Å². The molecule has 1 aromatic carbocycles. The second-order valence-corrected chi connectivity index (χ2v) is 8.23. The maximum absolute atomic E-state index is 13.1. The van der Waals surface area contributed by atoms with Crippen molar-refractivity contribution in [3.05, 3.63) is 29.8 Å². The molecule has 0 saturated carbocycles. The third-order valence-electron chi connectivity index (χ3n) is 6.32. The van der Waals surface area contributed by atoms with Crippen molar-refractivity contribution in [2.75, 3.05) is 38.0 Å². The first-order valence-corrected chi connectivity index (χ1v) is 10.5. The molecule has 1 aromatic rings. The fraction of sp³-hybridized carbons (Fsp3) is 0.571. The Kier molecular flexibility index (Phi) is 6.94. The van der Waals surface area contributed by atoms with Crippen molar-refractivity contribution >= 4 is 23.8 Å². The quantitative estimate of drug-likeness (QED) is 0.538. The van der Waals surface area contributed by atoms with Gasteiger partial charge < -0.3 is 21.3 Å². The van der Waals surface area contributed by atoms with Crippen LogP contribution in [-0.2, 0) is 11.2 Å². The number of carboxylic acid groups (broad SMARTS) is 2. The van der Waals surface area contributed by atoms with E-state index in [0.717, 1.165) is 24.9 Å². The number of rotatable bonds is 5. The number of piperidine rings is 2. The summed E-state index contributed by atoms with van der Waals surface area (Å²) >= 11 is 0. The van der Waals surface area contributed by atoms with Gasteiger partial charge in [0.1, 0.15) is 0 Å². The molecule has 3 amide bonds. The van der Waals surface area contributed by atoms with E-state index in [4.69, 9.17) is 10.8 Å². The first kappa shape index (κ1) is 22.0. The summed E-state index contributed by atoms with van der Waals surface area (Å²) < 4.78 is -0.690. The van der Waals surface area contributed by atoms with Crippen LogP contribution in [0.4, 0.5) is 15.3 Å². The van der Waals surface area contributed by atoms with Gasteiger partial charge in [0.2, 0.25) is 0 Å². The zero-order valence-corrected chi connectivity index (χ0v) is 17.1. The van der Waals surface area contributed by atoms with Crippen LogP contribution in [0, 0.1) is 5.92 Å². The average Bonchev–Trinajstić information content (AvgIpc) is 2.75. The van der Waals surface area contributed by atoms with Gasteiger partial charge in [-0.3, -0.25) is 9.69 Å². The second-order valence-electron chi connectivity index (χ2n) is 8.23. The molecular weight excluding hydrogens is 388 g/mol. The van der Waals surface area contributed by atoms with Crippen molar-refractivity contribution in [2.24, 2.45) is 11.7 Å². The van der Waals surface area contributed by atoms with Gasteiger partial charge in [0, 0.05) is 37.7 Å². The highest BCUT2D eigenvalue weighted by Crippen LogP contribution is 2.28. The summed E-state index contributed by atoms with van der Waals surface area (Å²) in [7, 11) is 0. The minimum absolute atomic E-state index is 0.0263. The number of amides is 3. The van der Waals surface area contributed by atoms with Crippen LogP contribution in [0.1, 0.15) is 31.2 Å². The third-order valence-corrected chi connectivity index (χ3v) is 6.32. The van der Waals surface area contributed by atoms with Crippen molar-refractivity contribution in [1.82, 2.24) is 4.90 Å². The molecule has 3 rings (SSSR count). The number of nitrogens with one attached hydrogen (secondary N) is 1. The zero-order valence-electron chi connectivity index (χ0n) is 17.1. The predicted molar refractivity (Wildman–Crippen MR) is 111 cm³/mol. The molecule has 9 heteroatoms. The van der Waals surface area contributed by atoms with Gasteiger partial charge >= 0.3 is 18.1 Å². The van der Waals surface area contributed by atoms with Crippen molar-refractivity contribution < 1.29 is 29.1 Å². The molecule has 0 atom stereocenters. The minimum Gasteiger partial charge on any atom is -0.481 e. The van der Waals surface area contributed by atoms with Gasteiger partial charge in [-0.1, -0.05) is 12.1 Å². The molecule has 2 heterocycles. The lowest BCUT2D eigenvalue weighted by molar-refractivity contribution is -0.787. The highest BCUT2D eigenvalue weighted by Gasteiger charge is 2.51. The lowest BCUT2D eigenvalue weighted by atomic mass is 9.95. The minimum atomic E-state index is -1.19. The molecule has 0 spiro atoms. The molecule has 2 fully saturated rings. The number of likely N-dealkylation sites (tertiary alicyclic amines) is 2. The number of carbonyl (C=O) groups is 3. The highest BCUT2D eigenvalue weighted by molar-refractivity contribution is 5.79. The van der Waals surface area contributed by atoms with E-state index in [9.17, 15) is 19.5 Å². The third kappa shape index (κ3) is 4.73. The van der Waals surface area contributed by atoms with Crippen molar-refractivity contribution in [3.63, 3.8) is 0 Å². The summed E-state index contributed by atoms with van der Waals surface area (Å²) in [4.78, 5) is 37.9. The van der Waals surface area contributed by atoms with Gasteiger partial charge in [0.15, 0.2) is 0 Å². The monoisotopic (exact) mass is 419 g/mol. The molecule has 0 bridgehead atoms. The molecule has 0 radical (unpaired) electrons. The number of aliphatic carboxylic acids is 1. The summed E-state index contributed by atoms with van der Waals surface area (Å²) in [5.74, 6) is -1.50. The van der Waals surface area contributed by atoms with E-state index in [1.165, 1.54) is 5.56 Å². The summed E-state index contributed by atoms with van der Waals surface area (Å²) in [6.45, 7) is 1.64. The lowest BCUT2D eigenvalue weighted by Crippen LogP contribution is -2.65. The number of urea groups is 1. The predicted octanol–water partition coefficient (Wildman–Crippen LogP) is 2.17. The number of quaternary nitrogens is 1. The van der Waals surface area contributed by atoms with Gasteiger partial charge in [-0.15, -0.1) is 4.48 Å². The van der Waals surface area contributed by atoms with Crippen LogP contribution in [0.15, 0.2) is 24.3 Å². The van der Waals surface area contributed by atoms with Crippen molar-refractivity contribution in [2.45, 2.75) is 38.1 Å². The summed E-state index contributed by atoms with van der Waals surface area (Å²) in [6, 6.07) is 7.95. The zero-order chi connectivity index (χ0) is 21.7. The number of anilines is 1. The Bertz CT molecular complexity index is 766. The molecule has 30 heavy (non-hydrogen) atoms. The Morgan fingerprint density at radius 2 is 1.63 bits per heavy atom. The van der Waals surface area contributed by atoms with Crippen LogP contribution >= 0.6 is 0 Å². The molecule has 0 aliphatic carbocycles. The Morgan fingerprint density at radius 3 is 2.13 bits per heavy atom. The standard InChI is InChI=1S/C21H30N4O5/c22-10-5-15-1-3-17(4-2-15)23-18-6-11-24(12-7-18)20(28)25(21(29)30)13-8-16(9-14-25)19(26)27/h1-4,16,18,23H,5-14,22H2,(H-,26,27,29,30)/p+1. The van der Waals surface area contributed by atoms with Gasteiger partial charge in [0.25, 0.3) is 0 Å². The summed E-state index contributed by atoms with van der Waals surface area (Å²) in [5, 5.41) is 22.4. The van der Waals surface area contributed by atoms with Crippen LogP contribution in [0.5, 0.6) is 0 Å². The number of imide groups is 1. The maximum atomic E-state index is 13.1. The molecule has 9 nitrogen and oxygen atoms in total. The van der Waals surface area contributed by atoms with E-state index in [1.807, 2.05) is 12.1 Å². The van der Waals surface area contributed by atoms with E-state index in [0.29, 0.717) is 19.6 Å². The van der Waals surface area contributed by atoms with Crippen LogP contribution in [0.2, 0.25) is 0 Å². The molecule has 2 aliphatic rings. The fourth-order valence-corrected chi connectivity index (χ4v) is 4.38. The number of hydrogen-bond acceptors (Lipinski definition) is 5. The van der Waals surface area contributed by atoms with Crippen molar-refractivity contribution in [1.29, 1.82) is 0 Å². The Balaban J connectivity index is 1.56. The number of nitrogens with zero attached hydrogens (tertiary/aromatic N) is 2. The van der Waals surface area contributed by atoms with Crippen LogP contribution in [0.3, 0.4) is 0 Å². The van der Waals surface area contributed by atoms with E-state index >= 15 is 0 Å². The topological polar surface area (TPSA) is 133 Å². The van der Waals surface area contributed by atoms with Crippen LogP contribution < -0.4 is 11.1 Å². The number of nitrogens with two attached hydrogens (primary N) is 1. The molecule has 2 saturated heterocycles.